The molecule has 1 aliphatic heterocycles. The zero-order valence-electron chi connectivity index (χ0n) is 16.7. The van der Waals surface area contributed by atoms with Gasteiger partial charge in [-0.15, -0.1) is 0 Å². The number of hydrogen-bond donors (Lipinski definition) is 2. The number of nitrogens with one attached hydrogen (secondary N) is 2. The zero-order valence-corrected chi connectivity index (χ0v) is 16.7. The third-order valence-electron chi connectivity index (χ3n) is 5.08. The third kappa shape index (κ3) is 5.75. The van der Waals surface area contributed by atoms with Gasteiger partial charge in [-0.1, -0.05) is 43.7 Å². The van der Waals surface area contributed by atoms with Crippen molar-refractivity contribution in [3.05, 3.63) is 35.9 Å². The van der Waals surface area contributed by atoms with Crippen LogP contribution in [0, 0.1) is 5.92 Å². The number of carbonyl (C=O) groups excluding carboxylic acids is 1. The second-order valence-electron chi connectivity index (χ2n) is 7.37. The molecule has 1 amide bonds. The average molecular weight is 359 g/mol. The van der Waals surface area contributed by atoms with Crippen molar-refractivity contribution in [3.63, 3.8) is 0 Å². The van der Waals surface area contributed by atoms with Crippen molar-refractivity contribution in [3.8, 4) is 0 Å². The van der Waals surface area contributed by atoms with Crippen LogP contribution in [0.15, 0.2) is 35.3 Å². The van der Waals surface area contributed by atoms with Crippen LogP contribution in [-0.2, 0) is 4.79 Å². The molecule has 5 nitrogen and oxygen atoms in total. The summed E-state index contributed by atoms with van der Waals surface area (Å²) in [5.41, 5.74) is 1.45. The standard InChI is InChI=1S/C21H34N4O/c1-5-17-15-25(14-12-19(17)18-9-7-6-8-10-18)21(22-4)23-13-11-20(26)24-16(2)3/h6-10,16-17,19H,5,11-15H2,1-4H3,(H,22,23)(H,24,26). The van der Waals surface area contributed by atoms with Gasteiger partial charge in [-0.25, -0.2) is 0 Å². The van der Waals surface area contributed by atoms with Crippen LogP contribution in [0.1, 0.15) is 51.5 Å². The monoisotopic (exact) mass is 358 g/mol. The first-order valence-corrected chi connectivity index (χ1v) is 9.85. The summed E-state index contributed by atoms with van der Waals surface area (Å²) in [4.78, 5) is 18.6. The van der Waals surface area contributed by atoms with Gasteiger partial charge in [0.15, 0.2) is 5.96 Å². The predicted octanol–water partition coefficient (Wildman–Crippen LogP) is 2.99. The molecule has 1 heterocycles. The molecule has 1 aliphatic rings. The average Bonchev–Trinajstić information content (AvgIpc) is 2.65. The highest BCUT2D eigenvalue weighted by molar-refractivity contribution is 5.81. The van der Waals surface area contributed by atoms with E-state index in [1.807, 2.05) is 20.9 Å². The van der Waals surface area contributed by atoms with E-state index in [-0.39, 0.29) is 11.9 Å². The first-order chi connectivity index (χ1) is 12.5. The number of benzene rings is 1. The molecule has 0 aromatic heterocycles. The number of carbonyl (C=O) groups is 1. The van der Waals surface area contributed by atoms with E-state index in [1.165, 1.54) is 5.56 Å². The minimum absolute atomic E-state index is 0.0807. The van der Waals surface area contributed by atoms with Gasteiger partial charge in [0.2, 0.25) is 5.91 Å². The summed E-state index contributed by atoms with van der Waals surface area (Å²) in [7, 11) is 1.82. The summed E-state index contributed by atoms with van der Waals surface area (Å²) in [6.45, 7) is 8.84. The molecule has 26 heavy (non-hydrogen) atoms. The molecule has 0 saturated carbocycles. The molecule has 5 heteroatoms. The molecular formula is C21H34N4O. The second kappa shape index (κ2) is 10.2. The highest BCUT2D eigenvalue weighted by atomic mass is 16.1. The Hall–Kier alpha value is -2.04. The van der Waals surface area contributed by atoms with Crippen molar-refractivity contribution < 1.29 is 4.79 Å². The molecule has 2 atom stereocenters. The Labute approximate surface area is 158 Å². The van der Waals surface area contributed by atoms with Crippen molar-refractivity contribution in [1.29, 1.82) is 0 Å². The van der Waals surface area contributed by atoms with Gasteiger partial charge in [-0.3, -0.25) is 9.79 Å². The van der Waals surface area contributed by atoms with Crippen molar-refractivity contribution in [2.24, 2.45) is 10.9 Å². The van der Waals surface area contributed by atoms with Gasteiger partial charge in [0.05, 0.1) is 0 Å². The van der Waals surface area contributed by atoms with E-state index in [4.69, 9.17) is 0 Å². The second-order valence-corrected chi connectivity index (χ2v) is 7.37. The minimum Gasteiger partial charge on any atom is -0.356 e. The topological polar surface area (TPSA) is 56.7 Å². The molecule has 1 fully saturated rings. The lowest BCUT2D eigenvalue weighted by molar-refractivity contribution is -0.121. The summed E-state index contributed by atoms with van der Waals surface area (Å²) in [6, 6.07) is 11.0. The highest BCUT2D eigenvalue weighted by Gasteiger charge is 2.30. The largest absolute Gasteiger partial charge is 0.356 e. The number of likely N-dealkylation sites (tertiary alicyclic amines) is 1. The van der Waals surface area contributed by atoms with Crippen LogP contribution in [0.25, 0.3) is 0 Å². The van der Waals surface area contributed by atoms with Gasteiger partial charge < -0.3 is 15.5 Å². The fourth-order valence-corrected chi connectivity index (χ4v) is 3.79. The lowest BCUT2D eigenvalue weighted by Crippen LogP contribution is -2.49. The lowest BCUT2D eigenvalue weighted by atomic mass is 9.79. The van der Waals surface area contributed by atoms with Crippen LogP contribution in [0.4, 0.5) is 0 Å². The summed E-state index contributed by atoms with van der Waals surface area (Å²) in [5.74, 6) is 2.23. The summed E-state index contributed by atoms with van der Waals surface area (Å²) < 4.78 is 0. The quantitative estimate of drug-likeness (QED) is 0.607. The van der Waals surface area contributed by atoms with Crippen LogP contribution in [-0.4, -0.2) is 49.5 Å². The third-order valence-corrected chi connectivity index (χ3v) is 5.08. The molecule has 2 rings (SSSR count). The Morgan fingerprint density at radius 3 is 2.65 bits per heavy atom. The summed E-state index contributed by atoms with van der Waals surface area (Å²) >= 11 is 0. The lowest BCUT2D eigenvalue weighted by Gasteiger charge is -2.40. The van der Waals surface area contributed by atoms with E-state index >= 15 is 0 Å². The Kier molecular flexibility index (Phi) is 7.95. The van der Waals surface area contributed by atoms with E-state index in [1.54, 1.807) is 0 Å². The Balaban J connectivity index is 1.89. The number of amides is 1. The molecule has 0 bridgehead atoms. The maximum atomic E-state index is 11.8. The van der Waals surface area contributed by atoms with Gasteiger partial charge in [0.1, 0.15) is 0 Å². The Morgan fingerprint density at radius 1 is 1.31 bits per heavy atom. The van der Waals surface area contributed by atoms with E-state index in [0.29, 0.717) is 24.8 Å². The molecule has 144 valence electrons. The first kappa shape index (κ1) is 20.3. The number of hydrogen-bond acceptors (Lipinski definition) is 2. The summed E-state index contributed by atoms with van der Waals surface area (Å²) in [5, 5.41) is 6.28. The molecule has 1 aromatic rings. The van der Waals surface area contributed by atoms with Crippen molar-refractivity contribution in [2.75, 3.05) is 26.7 Å². The fourth-order valence-electron chi connectivity index (χ4n) is 3.79. The molecule has 2 unspecified atom stereocenters. The van der Waals surface area contributed by atoms with Crippen LogP contribution in [0.5, 0.6) is 0 Å². The van der Waals surface area contributed by atoms with Crippen LogP contribution < -0.4 is 10.6 Å². The number of piperidine rings is 1. The van der Waals surface area contributed by atoms with Gasteiger partial charge >= 0.3 is 0 Å². The zero-order chi connectivity index (χ0) is 18.9. The molecule has 1 aromatic carbocycles. The first-order valence-electron chi connectivity index (χ1n) is 9.85. The van der Waals surface area contributed by atoms with Crippen LogP contribution >= 0.6 is 0 Å². The van der Waals surface area contributed by atoms with E-state index in [0.717, 1.165) is 31.9 Å². The number of guanidine groups is 1. The number of nitrogens with zero attached hydrogens (tertiary/aromatic N) is 2. The molecule has 2 N–H and O–H groups in total. The van der Waals surface area contributed by atoms with Crippen molar-refractivity contribution in [2.45, 2.75) is 52.0 Å². The van der Waals surface area contributed by atoms with Crippen molar-refractivity contribution in [1.82, 2.24) is 15.5 Å². The fraction of sp³-hybridized carbons (Fsp3) is 0.619. The summed E-state index contributed by atoms with van der Waals surface area (Å²) in [6.07, 6.45) is 2.76. The molecule has 0 radical (unpaired) electrons. The molecule has 0 spiro atoms. The van der Waals surface area contributed by atoms with Gasteiger partial charge in [-0.2, -0.15) is 0 Å². The number of aliphatic imine (C=N–C) groups is 1. The normalized spacial score (nSPS) is 21.0. The van der Waals surface area contributed by atoms with Gasteiger partial charge in [0.25, 0.3) is 0 Å². The maximum absolute atomic E-state index is 11.8. The maximum Gasteiger partial charge on any atom is 0.221 e. The van der Waals surface area contributed by atoms with Gasteiger partial charge in [0, 0.05) is 39.1 Å². The molecule has 0 aliphatic carbocycles. The van der Waals surface area contributed by atoms with Crippen LogP contribution in [0.2, 0.25) is 0 Å². The Morgan fingerprint density at radius 2 is 2.04 bits per heavy atom. The number of rotatable bonds is 6. The smallest absolute Gasteiger partial charge is 0.221 e. The van der Waals surface area contributed by atoms with E-state index in [2.05, 4.69) is 57.8 Å². The van der Waals surface area contributed by atoms with Crippen LogP contribution in [0.3, 0.4) is 0 Å². The van der Waals surface area contributed by atoms with Crippen molar-refractivity contribution >= 4 is 11.9 Å². The van der Waals surface area contributed by atoms with E-state index in [9.17, 15) is 4.79 Å². The molecule has 1 saturated heterocycles. The predicted molar refractivity (Wildman–Crippen MR) is 108 cm³/mol. The van der Waals surface area contributed by atoms with E-state index < -0.39 is 0 Å². The Bertz CT molecular complexity index is 585. The minimum atomic E-state index is 0.0807. The SMILES string of the molecule is CCC1CN(C(=NC)NCCC(=O)NC(C)C)CCC1c1ccccc1. The molecular weight excluding hydrogens is 324 g/mol. The van der Waals surface area contributed by atoms with Gasteiger partial charge in [-0.05, 0) is 37.7 Å². The highest BCUT2D eigenvalue weighted by Crippen LogP contribution is 2.34.